The lowest BCUT2D eigenvalue weighted by molar-refractivity contribution is -0.132. The highest BCUT2D eigenvalue weighted by Crippen LogP contribution is 2.44. The van der Waals surface area contributed by atoms with Crippen LogP contribution in [0.4, 0.5) is 5.69 Å². The van der Waals surface area contributed by atoms with Gasteiger partial charge in [0.2, 0.25) is 0 Å². The van der Waals surface area contributed by atoms with Gasteiger partial charge in [-0.2, -0.15) is 0 Å². The number of aliphatic hydroxyl groups is 1. The van der Waals surface area contributed by atoms with Gasteiger partial charge in [0.15, 0.2) is 0 Å². The van der Waals surface area contributed by atoms with Gasteiger partial charge in [0.25, 0.3) is 11.7 Å². The van der Waals surface area contributed by atoms with Crippen molar-refractivity contribution < 1.29 is 24.5 Å². The van der Waals surface area contributed by atoms with E-state index in [1.165, 1.54) is 30.2 Å². The number of methoxy groups -OCH3 is 1. The van der Waals surface area contributed by atoms with Crippen molar-refractivity contribution >= 4 is 46.3 Å². The van der Waals surface area contributed by atoms with Crippen LogP contribution in [0.3, 0.4) is 0 Å². The van der Waals surface area contributed by atoms with Crippen LogP contribution < -0.4 is 9.64 Å². The van der Waals surface area contributed by atoms with E-state index in [0.717, 1.165) is 0 Å². The Morgan fingerprint density at radius 1 is 1.00 bits per heavy atom. The molecule has 1 aliphatic heterocycles. The highest BCUT2D eigenvalue weighted by Gasteiger charge is 2.47. The number of carbonyl (C=O) groups excluding carboxylic acids is 2. The molecule has 0 bridgehead atoms. The zero-order chi connectivity index (χ0) is 23.0. The molecule has 0 saturated carbocycles. The smallest absolute Gasteiger partial charge is 0.300 e. The number of anilines is 1. The highest BCUT2D eigenvalue weighted by atomic mass is 35.5. The number of phenolic OH excluding ortho intramolecular Hbond substituents is 1. The standard InChI is InChI=1S/C24H17Cl2NO5/c1-32-17-7-2-4-14(10-17)22(29)20-21(13-8-9-19(28)18(26)11-13)27(24(31)23(20)30)16-6-3-5-15(25)12-16/h2-12,21,28-29H,1H3/b22-20-. The third-order valence-corrected chi connectivity index (χ3v) is 5.70. The summed E-state index contributed by atoms with van der Waals surface area (Å²) >= 11 is 12.2. The number of rotatable bonds is 4. The van der Waals surface area contributed by atoms with Gasteiger partial charge < -0.3 is 14.9 Å². The number of nitrogens with zero attached hydrogens (tertiary/aromatic N) is 1. The molecule has 2 N–H and O–H groups in total. The fourth-order valence-corrected chi connectivity index (χ4v) is 4.03. The van der Waals surface area contributed by atoms with E-state index in [2.05, 4.69) is 0 Å². The lowest BCUT2D eigenvalue weighted by Crippen LogP contribution is -2.29. The van der Waals surface area contributed by atoms with Gasteiger partial charge in [-0.15, -0.1) is 0 Å². The van der Waals surface area contributed by atoms with Crippen molar-refractivity contribution in [2.24, 2.45) is 0 Å². The maximum atomic E-state index is 13.1. The van der Waals surface area contributed by atoms with E-state index in [1.807, 2.05) is 0 Å². The summed E-state index contributed by atoms with van der Waals surface area (Å²) in [6, 6.07) is 16.3. The second-order valence-corrected chi connectivity index (χ2v) is 7.94. The van der Waals surface area contributed by atoms with Gasteiger partial charge in [0.1, 0.15) is 17.3 Å². The second-order valence-electron chi connectivity index (χ2n) is 7.09. The number of ether oxygens (including phenoxy) is 1. The summed E-state index contributed by atoms with van der Waals surface area (Å²) < 4.78 is 5.20. The van der Waals surface area contributed by atoms with Crippen molar-refractivity contribution in [3.05, 3.63) is 93.5 Å². The van der Waals surface area contributed by atoms with E-state index in [9.17, 15) is 19.8 Å². The molecule has 3 aromatic rings. The maximum absolute atomic E-state index is 13.1. The fourth-order valence-electron chi connectivity index (χ4n) is 3.66. The molecular formula is C24H17Cl2NO5. The van der Waals surface area contributed by atoms with E-state index in [1.54, 1.807) is 48.5 Å². The first-order valence-electron chi connectivity index (χ1n) is 9.51. The maximum Gasteiger partial charge on any atom is 0.300 e. The molecule has 4 rings (SSSR count). The number of carbonyl (C=O) groups is 2. The largest absolute Gasteiger partial charge is 0.507 e. The van der Waals surface area contributed by atoms with E-state index in [4.69, 9.17) is 27.9 Å². The summed E-state index contributed by atoms with van der Waals surface area (Å²) in [5.74, 6) is -1.73. The first-order valence-corrected chi connectivity index (χ1v) is 10.3. The molecule has 1 aliphatic rings. The Kier molecular flexibility index (Phi) is 5.82. The number of hydrogen-bond donors (Lipinski definition) is 2. The van der Waals surface area contributed by atoms with Crippen molar-refractivity contribution in [1.82, 2.24) is 0 Å². The molecule has 1 heterocycles. The van der Waals surface area contributed by atoms with Crippen LogP contribution in [0.1, 0.15) is 17.2 Å². The number of benzene rings is 3. The van der Waals surface area contributed by atoms with Gasteiger partial charge in [-0.05, 0) is 48.0 Å². The van der Waals surface area contributed by atoms with Gasteiger partial charge in [-0.3, -0.25) is 14.5 Å². The molecule has 0 radical (unpaired) electrons. The summed E-state index contributed by atoms with van der Waals surface area (Å²) in [4.78, 5) is 27.5. The number of aromatic hydroxyl groups is 1. The number of aliphatic hydroxyl groups excluding tert-OH is 1. The normalized spacial score (nSPS) is 17.6. The van der Waals surface area contributed by atoms with Gasteiger partial charge in [0.05, 0.1) is 23.7 Å². The second kappa shape index (κ2) is 8.57. The molecule has 1 atom stereocenters. The van der Waals surface area contributed by atoms with Gasteiger partial charge in [0, 0.05) is 16.3 Å². The summed E-state index contributed by atoms with van der Waals surface area (Å²) in [7, 11) is 1.48. The van der Waals surface area contributed by atoms with Crippen LogP contribution >= 0.6 is 23.2 Å². The molecule has 0 aliphatic carbocycles. The molecule has 0 aromatic heterocycles. The third-order valence-electron chi connectivity index (χ3n) is 5.16. The summed E-state index contributed by atoms with van der Waals surface area (Å²) in [5.41, 5.74) is 0.989. The van der Waals surface area contributed by atoms with Crippen LogP contribution in [0.2, 0.25) is 10.0 Å². The number of Topliss-reactive ketones (excluding diaryl/α,β-unsaturated/α-hetero) is 1. The van der Waals surface area contributed by atoms with E-state index >= 15 is 0 Å². The molecule has 32 heavy (non-hydrogen) atoms. The molecule has 162 valence electrons. The van der Waals surface area contributed by atoms with Crippen molar-refractivity contribution in [1.29, 1.82) is 0 Å². The zero-order valence-corrected chi connectivity index (χ0v) is 18.3. The summed E-state index contributed by atoms with van der Waals surface area (Å²) in [6.07, 6.45) is 0. The lowest BCUT2D eigenvalue weighted by atomic mass is 9.95. The fraction of sp³-hybridized carbons (Fsp3) is 0.0833. The molecule has 3 aromatic carbocycles. The molecule has 1 saturated heterocycles. The highest BCUT2D eigenvalue weighted by molar-refractivity contribution is 6.52. The van der Waals surface area contributed by atoms with Crippen LogP contribution in [0.15, 0.2) is 72.3 Å². The lowest BCUT2D eigenvalue weighted by Gasteiger charge is -2.26. The third kappa shape index (κ3) is 3.79. The predicted molar refractivity (Wildman–Crippen MR) is 122 cm³/mol. The number of hydrogen-bond acceptors (Lipinski definition) is 5. The molecule has 1 amide bonds. The topological polar surface area (TPSA) is 87.1 Å². The molecule has 6 nitrogen and oxygen atoms in total. The molecular weight excluding hydrogens is 453 g/mol. The van der Waals surface area contributed by atoms with Crippen molar-refractivity contribution in [2.45, 2.75) is 6.04 Å². The number of phenols is 1. The Morgan fingerprint density at radius 2 is 1.75 bits per heavy atom. The Morgan fingerprint density at radius 3 is 2.44 bits per heavy atom. The minimum absolute atomic E-state index is 0.0422. The first-order chi connectivity index (χ1) is 15.3. The Balaban J connectivity index is 1.97. The Bertz CT molecular complexity index is 1270. The minimum Gasteiger partial charge on any atom is -0.507 e. The van der Waals surface area contributed by atoms with Crippen molar-refractivity contribution in [3.63, 3.8) is 0 Å². The van der Waals surface area contributed by atoms with Gasteiger partial charge in [-0.1, -0.05) is 47.5 Å². The SMILES string of the molecule is COc1cccc(/C(O)=C2/C(=O)C(=O)N(c3cccc(Cl)c3)C2c2ccc(O)c(Cl)c2)c1. The quantitative estimate of drug-likeness (QED) is 0.306. The first kappa shape index (κ1) is 21.7. The van der Waals surface area contributed by atoms with Gasteiger partial charge in [-0.25, -0.2) is 0 Å². The van der Waals surface area contributed by atoms with Gasteiger partial charge >= 0.3 is 0 Å². The monoisotopic (exact) mass is 469 g/mol. The summed E-state index contributed by atoms with van der Waals surface area (Å²) in [6.45, 7) is 0. The van der Waals surface area contributed by atoms with Crippen LogP contribution in [0.25, 0.3) is 5.76 Å². The van der Waals surface area contributed by atoms with Crippen LogP contribution in [-0.4, -0.2) is 29.0 Å². The number of ketones is 1. The zero-order valence-electron chi connectivity index (χ0n) is 16.8. The average molecular weight is 470 g/mol. The predicted octanol–water partition coefficient (Wildman–Crippen LogP) is 5.33. The average Bonchev–Trinajstić information content (AvgIpc) is 3.05. The Hall–Kier alpha value is -3.48. The van der Waals surface area contributed by atoms with E-state index in [0.29, 0.717) is 27.6 Å². The van der Waals surface area contributed by atoms with Crippen LogP contribution in [-0.2, 0) is 9.59 Å². The molecule has 8 heteroatoms. The van der Waals surface area contributed by atoms with Crippen molar-refractivity contribution in [2.75, 3.05) is 12.0 Å². The van der Waals surface area contributed by atoms with Crippen LogP contribution in [0, 0.1) is 0 Å². The molecule has 1 unspecified atom stereocenters. The van der Waals surface area contributed by atoms with Crippen LogP contribution in [0.5, 0.6) is 11.5 Å². The number of amides is 1. The molecule has 1 fully saturated rings. The van der Waals surface area contributed by atoms with E-state index in [-0.39, 0.29) is 22.1 Å². The summed E-state index contributed by atoms with van der Waals surface area (Å²) in [5, 5.41) is 21.4. The molecule has 0 spiro atoms. The van der Waals surface area contributed by atoms with Crippen molar-refractivity contribution in [3.8, 4) is 11.5 Å². The number of halogens is 2. The van der Waals surface area contributed by atoms with E-state index < -0.39 is 17.7 Å². The minimum atomic E-state index is -1.00. The Labute approximate surface area is 193 Å².